The van der Waals surface area contributed by atoms with Crippen molar-refractivity contribution in [1.29, 1.82) is 0 Å². The number of nitrogens with zero attached hydrogens (tertiary/aromatic N) is 4. The summed E-state index contributed by atoms with van der Waals surface area (Å²) in [4.78, 5) is 24.7. The second-order valence-electron chi connectivity index (χ2n) is 7.17. The third kappa shape index (κ3) is 2.82. The fourth-order valence-electron chi connectivity index (χ4n) is 3.62. The van der Waals surface area contributed by atoms with Crippen molar-refractivity contribution < 1.29 is 9.18 Å². The monoisotopic (exact) mass is 378 g/mol. The van der Waals surface area contributed by atoms with Crippen molar-refractivity contribution in [3.8, 4) is 11.5 Å². The third-order valence-electron chi connectivity index (χ3n) is 5.27. The number of benzene rings is 2. The van der Waals surface area contributed by atoms with Crippen molar-refractivity contribution in [3.63, 3.8) is 0 Å². The molecule has 0 saturated carbocycles. The maximum atomic E-state index is 13.4. The first-order valence-corrected chi connectivity index (χ1v) is 9.20. The highest BCUT2D eigenvalue weighted by Gasteiger charge is 2.21. The molecule has 8 heteroatoms. The highest BCUT2D eigenvalue weighted by atomic mass is 19.1. The molecule has 1 aliphatic heterocycles. The van der Waals surface area contributed by atoms with E-state index >= 15 is 0 Å². The van der Waals surface area contributed by atoms with Crippen LogP contribution >= 0.6 is 0 Å². The summed E-state index contributed by atoms with van der Waals surface area (Å²) in [5, 5.41) is 7.89. The summed E-state index contributed by atoms with van der Waals surface area (Å²) < 4.78 is 13.4. The number of fused-ring (bicyclic) bond motifs is 2. The van der Waals surface area contributed by atoms with Crippen LogP contribution in [0.5, 0.6) is 0 Å². The second-order valence-corrected chi connectivity index (χ2v) is 7.17. The number of H-pyrrole nitrogens is 2. The smallest absolute Gasteiger partial charge is 0.254 e. The van der Waals surface area contributed by atoms with Crippen molar-refractivity contribution in [2.24, 2.45) is 0 Å². The lowest BCUT2D eigenvalue weighted by molar-refractivity contribution is 0.0664. The Morgan fingerprint density at radius 2 is 1.89 bits per heavy atom. The van der Waals surface area contributed by atoms with Gasteiger partial charge in [0.1, 0.15) is 11.5 Å². The van der Waals surface area contributed by atoms with Crippen LogP contribution in [-0.2, 0) is 0 Å². The summed E-state index contributed by atoms with van der Waals surface area (Å²) in [6, 6.07) is 9.97. The summed E-state index contributed by atoms with van der Waals surface area (Å²) >= 11 is 0. The molecule has 0 aliphatic carbocycles. The van der Waals surface area contributed by atoms with Gasteiger partial charge in [0.05, 0.1) is 16.6 Å². The Balaban J connectivity index is 1.49. The summed E-state index contributed by atoms with van der Waals surface area (Å²) in [6.07, 6.45) is 0. The predicted molar refractivity (Wildman–Crippen MR) is 105 cm³/mol. The minimum atomic E-state index is -0.320. The molecule has 2 N–H and O–H groups in total. The lowest BCUT2D eigenvalue weighted by Gasteiger charge is -2.32. The zero-order valence-electron chi connectivity index (χ0n) is 15.4. The number of amides is 1. The van der Waals surface area contributed by atoms with Crippen LogP contribution in [0.25, 0.3) is 33.5 Å². The maximum absolute atomic E-state index is 13.4. The van der Waals surface area contributed by atoms with Gasteiger partial charge in [0, 0.05) is 37.1 Å². The first kappa shape index (κ1) is 16.9. The molecule has 2 aromatic heterocycles. The second kappa shape index (κ2) is 6.42. The van der Waals surface area contributed by atoms with E-state index in [9.17, 15) is 9.18 Å². The first-order chi connectivity index (χ1) is 13.6. The average molecular weight is 378 g/mol. The van der Waals surface area contributed by atoms with E-state index in [1.54, 1.807) is 6.07 Å². The maximum Gasteiger partial charge on any atom is 0.254 e. The van der Waals surface area contributed by atoms with E-state index in [-0.39, 0.29) is 11.7 Å². The SMILES string of the molecule is CN1CCN(C(=O)c2ccc3nc(-c4n[nH]c5cc(F)ccc45)[nH]c3c2)CC1. The number of hydrogen-bond acceptors (Lipinski definition) is 4. The molecular formula is C20H19FN6O. The number of likely N-dealkylation sites (N-methyl/N-ethyl adjacent to an activating group) is 1. The molecule has 4 aromatic rings. The molecule has 142 valence electrons. The van der Waals surface area contributed by atoms with Gasteiger partial charge in [0.2, 0.25) is 0 Å². The van der Waals surface area contributed by atoms with Crippen molar-refractivity contribution in [3.05, 3.63) is 47.8 Å². The summed E-state index contributed by atoms with van der Waals surface area (Å²) in [5.41, 5.74) is 3.40. The van der Waals surface area contributed by atoms with Crippen molar-refractivity contribution in [2.75, 3.05) is 33.2 Å². The fourth-order valence-corrected chi connectivity index (χ4v) is 3.62. The first-order valence-electron chi connectivity index (χ1n) is 9.20. The summed E-state index contributed by atoms with van der Waals surface area (Å²) in [5.74, 6) is 0.295. The van der Waals surface area contributed by atoms with Gasteiger partial charge in [-0.2, -0.15) is 5.10 Å². The van der Waals surface area contributed by atoms with Gasteiger partial charge in [-0.15, -0.1) is 0 Å². The van der Waals surface area contributed by atoms with E-state index in [0.29, 0.717) is 22.6 Å². The number of halogens is 1. The van der Waals surface area contributed by atoms with Crippen LogP contribution in [0.2, 0.25) is 0 Å². The number of carbonyl (C=O) groups is 1. The largest absolute Gasteiger partial charge is 0.337 e. The minimum absolute atomic E-state index is 0.0341. The van der Waals surface area contributed by atoms with Gasteiger partial charge in [-0.1, -0.05) is 0 Å². The number of nitrogens with one attached hydrogen (secondary N) is 2. The van der Waals surface area contributed by atoms with Gasteiger partial charge in [0.15, 0.2) is 5.82 Å². The molecular weight excluding hydrogens is 359 g/mol. The number of carbonyl (C=O) groups excluding carboxylic acids is 1. The van der Waals surface area contributed by atoms with Crippen LogP contribution in [0, 0.1) is 5.82 Å². The molecule has 1 fully saturated rings. The molecule has 1 amide bonds. The highest BCUT2D eigenvalue weighted by molar-refractivity contribution is 5.98. The van der Waals surface area contributed by atoms with Crippen molar-refractivity contribution in [1.82, 2.24) is 30.0 Å². The van der Waals surface area contributed by atoms with E-state index in [1.165, 1.54) is 12.1 Å². The van der Waals surface area contributed by atoms with Gasteiger partial charge in [-0.25, -0.2) is 9.37 Å². The Morgan fingerprint density at radius 1 is 1.07 bits per heavy atom. The van der Waals surface area contributed by atoms with E-state index in [2.05, 4.69) is 32.1 Å². The molecule has 0 radical (unpaired) electrons. The topological polar surface area (TPSA) is 80.9 Å². The average Bonchev–Trinajstić information content (AvgIpc) is 3.30. The number of aromatic nitrogens is 4. The highest BCUT2D eigenvalue weighted by Crippen LogP contribution is 2.27. The van der Waals surface area contributed by atoms with Gasteiger partial charge >= 0.3 is 0 Å². The molecule has 0 atom stereocenters. The molecule has 0 spiro atoms. The van der Waals surface area contributed by atoms with Gasteiger partial charge in [-0.3, -0.25) is 9.89 Å². The van der Waals surface area contributed by atoms with Crippen LogP contribution in [-0.4, -0.2) is 69.1 Å². The number of imidazole rings is 1. The van der Waals surface area contributed by atoms with Crippen molar-refractivity contribution in [2.45, 2.75) is 0 Å². The molecule has 1 saturated heterocycles. The molecule has 2 aromatic carbocycles. The summed E-state index contributed by atoms with van der Waals surface area (Å²) in [6.45, 7) is 3.23. The molecule has 3 heterocycles. The quantitative estimate of drug-likeness (QED) is 0.562. The molecule has 7 nitrogen and oxygen atoms in total. The lowest BCUT2D eigenvalue weighted by atomic mass is 10.1. The normalized spacial score (nSPS) is 15.6. The minimum Gasteiger partial charge on any atom is -0.337 e. The van der Waals surface area contributed by atoms with Crippen molar-refractivity contribution >= 4 is 27.8 Å². The van der Waals surface area contributed by atoms with Gasteiger partial charge < -0.3 is 14.8 Å². The third-order valence-corrected chi connectivity index (χ3v) is 5.27. The zero-order valence-corrected chi connectivity index (χ0v) is 15.4. The molecule has 5 rings (SSSR count). The molecule has 28 heavy (non-hydrogen) atoms. The number of aromatic amines is 2. The molecule has 0 unspecified atom stereocenters. The standard InChI is InChI=1S/C20H19FN6O/c1-26-6-8-27(9-7-26)20(28)12-2-5-15-17(10-12)23-19(22-15)18-14-4-3-13(21)11-16(14)24-25-18/h2-5,10-11H,6-9H2,1H3,(H,22,23)(H,24,25). The Hall–Kier alpha value is -3.26. The predicted octanol–water partition coefficient (Wildman–Crippen LogP) is 2.63. The number of hydrogen-bond donors (Lipinski definition) is 2. The molecule has 0 bridgehead atoms. The van der Waals surface area contributed by atoms with Crippen LogP contribution in [0.15, 0.2) is 36.4 Å². The number of rotatable bonds is 2. The van der Waals surface area contributed by atoms with Crippen LogP contribution in [0.3, 0.4) is 0 Å². The van der Waals surface area contributed by atoms with Crippen LogP contribution in [0.1, 0.15) is 10.4 Å². The van der Waals surface area contributed by atoms with E-state index in [1.807, 2.05) is 23.1 Å². The number of piperazine rings is 1. The Labute approximate surface area is 160 Å². The van der Waals surface area contributed by atoms with E-state index in [4.69, 9.17) is 0 Å². The molecule has 1 aliphatic rings. The van der Waals surface area contributed by atoms with Crippen LogP contribution in [0.4, 0.5) is 4.39 Å². The fraction of sp³-hybridized carbons (Fsp3) is 0.250. The van der Waals surface area contributed by atoms with Gasteiger partial charge in [-0.05, 0) is 43.4 Å². The Bertz CT molecular complexity index is 1190. The van der Waals surface area contributed by atoms with Crippen LogP contribution < -0.4 is 0 Å². The van der Waals surface area contributed by atoms with E-state index < -0.39 is 0 Å². The Kier molecular flexibility index (Phi) is 3.87. The van der Waals surface area contributed by atoms with Gasteiger partial charge in [0.25, 0.3) is 5.91 Å². The zero-order chi connectivity index (χ0) is 19.3. The summed E-state index contributed by atoms with van der Waals surface area (Å²) in [7, 11) is 2.06. The lowest BCUT2D eigenvalue weighted by Crippen LogP contribution is -2.47. The van der Waals surface area contributed by atoms with E-state index in [0.717, 1.165) is 42.6 Å². The Morgan fingerprint density at radius 3 is 2.71 bits per heavy atom.